The average molecular weight is 238 g/mol. The highest BCUT2D eigenvalue weighted by Gasteiger charge is 2.12. The highest BCUT2D eigenvalue weighted by atomic mass is 16.3. The number of hydrogen-bond donors (Lipinski definition) is 4. The Morgan fingerprint density at radius 2 is 1.82 bits per heavy atom. The van der Waals surface area contributed by atoms with Gasteiger partial charge in [-0.25, -0.2) is 0 Å². The lowest BCUT2D eigenvalue weighted by Gasteiger charge is -2.19. The van der Waals surface area contributed by atoms with E-state index < -0.39 is 0 Å². The Bertz CT molecular complexity index is 386. The Kier molecular flexibility index (Phi) is 4.34. The van der Waals surface area contributed by atoms with Gasteiger partial charge < -0.3 is 21.3 Å². The molecule has 1 aromatic rings. The maximum absolute atomic E-state index is 10.7. The normalized spacial score (nSPS) is 14.2. The molecule has 5 heteroatoms. The zero-order chi connectivity index (χ0) is 13.0. The molecule has 2 unspecified atom stereocenters. The monoisotopic (exact) mass is 238 g/mol. The van der Waals surface area contributed by atoms with Gasteiger partial charge in [-0.1, -0.05) is 0 Å². The van der Waals surface area contributed by atoms with E-state index in [2.05, 4.69) is 5.32 Å². The number of primary amides is 1. The molecule has 94 valence electrons. The van der Waals surface area contributed by atoms with Crippen LogP contribution >= 0.6 is 0 Å². The Morgan fingerprint density at radius 1 is 1.29 bits per heavy atom. The second-order valence-electron chi connectivity index (χ2n) is 4.24. The minimum absolute atomic E-state index is 0.0104. The van der Waals surface area contributed by atoms with E-state index in [9.17, 15) is 15.0 Å². The molecule has 1 aromatic carbocycles. The maximum Gasteiger partial charge on any atom is 0.218 e. The third-order valence-electron chi connectivity index (χ3n) is 2.47. The van der Waals surface area contributed by atoms with Gasteiger partial charge in [0.05, 0.1) is 0 Å². The molecule has 0 heterocycles. The third kappa shape index (κ3) is 4.32. The Balaban J connectivity index is 2.69. The van der Waals surface area contributed by atoms with Crippen LogP contribution in [-0.2, 0) is 4.79 Å². The Morgan fingerprint density at radius 3 is 2.29 bits per heavy atom. The van der Waals surface area contributed by atoms with Gasteiger partial charge >= 0.3 is 0 Å². The number of aromatic hydroxyl groups is 2. The van der Waals surface area contributed by atoms with Crippen LogP contribution < -0.4 is 11.1 Å². The number of phenolic OH excluding ortho intramolecular Hbond substituents is 2. The molecule has 0 radical (unpaired) electrons. The fourth-order valence-corrected chi connectivity index (χ4v) is 1.75. The van der Waals surface area contributed by atoms with E-state index in [0.717, 1.165) is 5.56 Å². The van der Waals surface area contributed by atoms with Crippen LogP contribution in [0.3, 0.4) is 0 Å². The molecular formula is C12H18N2O3. The zero-order valence-electron chi connectivity index (χ0n) is 9.97. The van der Waals surface area contributed by atoms with Gasteiger partial charge in [0.15, 0.2) is 0 Å². The number of amides is 1. The second kappa shape index (κ2) is 5.54. The predicted molar refractivity (Wildman–Crippen MR) is 64.6 cm³/mol. The van der Waals surface area contributed by atoms with Crippen LogP contribution in [0.4, 0.5) is 0 Å². The largest absolute Gasteiger partial charge is 0.508 e. The molecular weight excluding hydrogens is 220 g/mol. The molecule has 0 aliphatic rings. The molecule has 0 aliphatic carbocycles. The van der Waals surface area contributed by atoms with Gasteiger partial charge in [-0.15, -0.1) is 0 Å². The summed E-state index contributed by atoms with van der Waals surface area (Å²) in [6.45, 7) is 3.73. The predicted octanol–water partition coefficient (Wildman–Crippen LogP) is 1.01. The van der Waals surface area contributed by atoms with Gasteiger partial charge in [-0.2, -0.15) is 0 Å². The van der Waals surface area contributed by atoms with Crippen molar-refractivity contribution in [3.63, 3.8) is 0 Å². The number of carbonyl (C=O) groups excluding carboxylic acids is 1. The molecule has 2 atom stereocenters. The fourth-order valence-electron chi connectivity index (χ4n) is 1.75. The topological polar surface area (TPSA) is 95.6 Å². The lowest BCUT2D eigenvalue weighted by Crippen LogP contribution is -2.32. The molecule has 5 nitrogen and oxygen atoms in total. The van der Waals surface area contributed by atoms with Crippen molar-refractivity contribution >= 4 is 5.91 Å². The molecule has 0 aromatic heterocycles. The van der Waals surface area contributed by atoms with E-state index in [1.807, 2.05) is 13.8 Å². The summed E-state index contributed by atoms with van der Waals surface area (Å²) in [5.74, 6) is -0.344. The van der Waals surface area contributed by atoms with Gasteiger partial charge in [0, 0.05) is 24.6 Å². The number of benzene rings is 1. The van der Waals surface area contributed by atoms with Crippen molar-refractivity contribution in [3.8, 4) is 11.5 Å². The van der Waals surface area contributed by atoms with E-state index in [1.54, 1.807) is 12.1 Å². The van der Waals surface area contributed by atoms with Crippen LogP contribution in [0, 0.1) is 0 Å². The summed E-state index contributed by atoms with van der Waals surface area (Å²) < 4.78 is 0. The smallest absolute Gasteiger partial charge is 0.218 e. The summed E-state index contributed by atoms with van der Waals surface area (Å²) in [7, 11) is 0. The van der Waals surface area contributed by atoms with Crippen molar-refractivity contribution in [2.45, 2.75) is 32.4 Å². The van der Waals surface area contributed by atoms with Gasteiger partial charge in [-0.3, -0.25) is 4.79 Å². The minimum atomic E-state index is -0.365. The van der Waals surface area contributed by atoms with E-state index >= 15 is 0 Å². The molecule has 17 heavy (non-hydrogen) atoms. The van der Waals surface area contributed by atoms with E-state index in [4.69, 9.17) is 5.73 Å². The molecule has 0 aliphatic heterocycles. The summed E-state index contributed by atoms with van der Waals surface area (Å²) in [6, 6.07) is 4.24. The quantitative estimate of drug-likeness (QED) is 0.615. The summed E-state index contributed by atoms with van der Waals surface area (Å²) in [6.07, 6.45) is 0.245. The lowest BCUT2D eigenvalue weighted by atomic mass is 10.1. The van der Waals surface area contributed by atoms with Crippen molar-refractivity contribution in [2.24, 2.45) is 5.73 Å². The number of nitrogens with two attached hydrogens (primary N) is 1. The van der Waals surface area contributed by atoms with Crippen molar-refractivity contribution in [1.82, 2.24) is 5.32 Å². The number of carbonyl (C=O) groups is 1. The minimum Gasteiger partial charge on any atom is -0.508 e. The highest BCUT2D eigenvalue weighted by Crippen LogP contribution is 2.24. The SMILES string of the molecule is CC(CC(N)=O)NC(C)c1cc(O)cc(O)c1. The number of rotatable bonds is 5. The number of nitrogens with one attached hydrogen (secondary N) is 1. The molecule has 0 bridgehead atoms. The van der Waals surface area contributed by atoms with Crippen LogP contribution in [0.2, 0.25) is 0 Å². The molecule has 0 saturated heterocycles. The standard InChI is InChI=1S/C12H18N2O3/c1-7(3-12(13)17)14-8(2)9-4-10(15)6-11(16)5-9/h4-8,14-16H,3H2,1-2H3,(H2,13,17). The van der Waals surface area contributed by atoms with Gasteiger partial charge in [0.2, 0.25) is 5.91 Å². The third-order valence-corrected chi connectivity index (χ3v) is 2.47. The fraction of sp³-hybridized carbons (Fsp3) is 0.417. The molecule has 0 fully saturated rings. The summed E-state index contributed by atoms with van der Waals surface area (Å²) in [4.78, 5) is 10.7. The lowest BCUT2D eigenvalue weighted by molar-refractivity contribution is -0.118. The summed E-state index contributed by atoms with van der Waals surface area (Å²) in [5.41, 5.74) is 5.85. The maximum atomic E-state index is 10.7. The van der Waals surface area contributed by atoms with Crippen LogP contribution in [0.25, 0.3) is 0 Å². The summed E-state index contributed by atoms with van der Waals surface area (Å²) >= 11 is 0. The first-order chi connectivity index (χ1) is 7.88. The van der Waals surface area contributed by atoms with Crippen molar-refractivity contribution in [3.05, 3.63) is 23.8 Å². The molecule has 1 amide bonds. The molecule has 1 rings (SSSR count). The van der Waals surface area contributed by atoms with Crippen LogP contribution in [-0.4, -0.2) is 22.2 Å². The van der Waals surface area contributed by atoms with E-state index in [0.29, 0.717) is 0 Å². The molecule has 0 saturated carbocycles. The van der Waals surface area contributed by atoms with Crippen LogP contribution in [0.1, 0.15) is 31.9 Å². The average Bonchev–Trinajstić information content (AvgIpc) is 2.14. The van der Waals surface area contributed by atoms with Gasteiger partial charge in [-0.05, 0) is 31.5 Å². The zero-order valence-corrected chi connectivity index (χ0v) is 9.97. The van der Waals surface area contributed by atoms with Crippen molar-refractivity contribution in [1.29, 1.82) is 0 Å². The van der Waals surface area contributed by atoms with Crippen LogP contribution in [0.15, 0.2) is 18.2 Å². The number of hydrogen-bond acceptors (Lipinski definition) is 4. The van der Waals surface area contributed by atoms with Gasteiger partial charge in [0.1, 0.15) is 11.5 Å². The van der Waals surface area contributed by atoms with Crippen molar-refractivity contribution < 1.29 is 15.0 Å². The van der Waals surface area contributed by atoms with E-state index in [1.165, 1.54) is 6.07 Å². The first-order valence-electron chi connectivity index (χ1n) is 5.45. The highest BCUT2D eigenvalue weighted by molar-refractivity contribution is 5.74. The molecule has 0 spiro atoms. The molecule has 5 N–H and O–H groups in total. The Labute approximate surface area is 100 Å². The van der Waals surface area contributed by atoms with Crippen LogP contribution in [0.5, 0.6) is 11.5 Å². The first-order valence-corrected chi connectivity index (χ1v) is 5.45. The Hall–Kier alpha value is -1.75. The second-order valence-corrected chi connectivity index (χ2v) is 4.24. The van der Waals surface area contributed by atoms with Gasteiger partial charge in [0.25, 0.3) is 0 Å². The van der Waals surface area contributed by atoms with E-state index in [-0.39, 0.29) is 35.9 Å². The summed E-state index contributed by atoms with van der Waals surface area (Å²) in [5, 5.41) is 21.9. The number of phenols is 2. The van der Waals surface area contributed by atoms with Crippen molar-refractivity contribution in [2.75, 3.05) is 0 Å². The first kappa shape index (κ1) is 13.3.